The number of carboxylic acid groups (broad SMARTS) is 1. The summed E-state index contributed by atoms with van der Waals surface area (Å²) in [6.07, 6.45) is 0. The Morgan fingerprint density at radius 3 is 2.20 bits per heavy atom. The van der Waals surface area contributed by atoms with Crippen molar-refractivity contribution >= 4 is 47.7 Å². The van der Waals surface area contributed by atoms with Crippen molar-refractivity contribution in [2.45, 2.75) is 19.1 Å². The highest BCUT2D eigenvalue weighted by Gasteiger charge is 2.17. The molecule has 1 aromatic rings. The molecule has 0 spiro atoms. The van der Waals surface area contributed by atoms with Gasteiger partial charge in [-0.1, -0.05) is 0 Å². The predicted molar refractivity (Wildman–Crippen MR) is 83.2 cm³/mol. The number of hydrogen-bond donors (Lipinski definition) is 1. The smallest absolute Gasteiger partial charge is 0.335 e. The number of carboxylic acids is 1. The average molecular weight is 430 g/mol. The Morgan fingerprint density at radius 1 is 1.30 bits per heavy atom. The van der Waals surface area contributed by atoms with Gasteiger partial charge < -0.3 is 9.84 Å². The summed E-state index contributed by atoms with van der Waals surface area (Å²) in [5, 5.41) is 8.46. The topological polar surface area (TPSA) is 80.7 Å². The molecular formula is C12H14Br2O5S. The standard InChI is InChI=1S/C12H14Br2O5S/c1-7(2)20(17,18)4-3-19-11-9(13)5-8(12(15)16)6-10(11)14/h5-7H,3-4H2,1-2H3,(H,15,16). The monoisotopic (exact) mass is 428 g/mol. The lowest BCUT2D eigenvalue weighted by molar-refractivity contribution is 0.0696. The second-order valence-electron chi connectivity index (χ2n) is 4.34. The maximum Gasteiger partial charge on any atom is 0.335 e. The number of hydrogen-bond acceptors (Lipinski definition) is 4. The van der Waals surface area contributed by atoms with E-state index < -0.39 is 21.1 Å². The molecule has 0 fully saturated rings. The first kappa shape index (κ1) is 17.5. The van der Waals surface area contributed by atoms with Crippen LogP contribution in [0.15, 0.2) is 21.1 Å². The molecule has 0 saturated heterocycles. The van der Waals surface area contributed by atoms with E-state index in [2.05, 4.69) is 31.9 Å². The molecule has 0 aliphatic heterocycles. The van der Waals surface area contributed by atoms with E-state index in [1.807, 2.05) is 0 Å². The van der Waals surface area contributed by atoms with Crippen LogP contribution in [0.2, 0.25) is 0 Å². The minimum Gasteiger partial charge on any atom is -0.490 e. The van der Waals surface area contributed by atoms with Crippen LogP contribution in [-0.2, 0) is 9.84 Å². The van der Waals surface area contributed by atoms with Gasteiger partial charge in [-0.2, -0.15) is 0 Å². The summed E-state index contributed by atoms with van der Waals surface area (Å²) in [5.41, 5.74) is 0.103. The Morgan fingerprint density at radius 2 is 1.80 bits per heavy atom. The lowest BCUT2D eigenvalue weighted by atomic mass is 10.2. The molecule has 0 bridgehead atoms. The summed E-state index contributed by atoms with van der Waals surface area (Å²) in [6, 6.07) is 2.80. The molecule has 20 heavy (non-hydrogen) atoms. The number of halogens is 2. The van der Waals surface area contributed by atoms with Gasteiger partial charge in [0.2, 0.25) is 0 Å². The minimum atomic E-state index is -3.17. The third kappa shape index (κ3) is 4.46. The van der Waals surface area contributed by atoms with Gasteiger partial charge in [0.15, 0.2) is 9.84 Å². The second-order valence-corrected chi connectivity index (χ2v) is 8.72. The molecule has 8 heteroatoms. The van der Waals surface area contributed by atoms with E-state index in [9.17, 15) is 13.2 Å². The van der Waals surface area contributed by atoms with E-state index in [4.69, 9.17) is 9.84 Å². The molecular weight excluding hydrogens is 416 g/mol. The van der Waals surface area contributed by atoms with Crippen LogP contribution in [0.25, 0.3) is 0 Å². The van der Waals surface area contributed by atoms with Gasteiger partial charge in [-0.25, -0.2) is 13.2 Å². The number of aromatic carboxylic acids is 1. The van der Waals surface area contributed by atoms with Crippen LogP contribution in [0, 0.1) is 0 Å². The third-order valence-electron chi connectivity index (χ3n) is 2.58. The van der Waals surface area contributed by atoms with Crippen molar-refractivity contribution in [1.29, 1.82) is 0 Å². The Kier molecular flexibility index (Phi) is 6.03. The maximum atomic E-state index is 11.7. The molecule has 0 aliphatic carbocycles. The minimum absolute atomic E-state index is 0.00410. The number of ether oxygens (including phenoxy) is 1. The van der Waals surface area contributed by atoms with Crippen molar-refractivity contribution in [3.05, 3.63) is 26.6 Å². The van der Waals surface area contributed by atoms with Gasteiger partial charge in [-0.3, -0.25) is 0 Å². The Bertz CT molecular complexity index is 587. The molecule has 0 unspecified atom stereocenters. The van der Waals surface area contributed by atoms with Gasteiger partial charge in [0.25, 0.3) is 0 Å². The Balaban J connectivity index is 2.82. The number of benzene rings is 1. The summed E-state index contributed by atoms with van der Waals surface area (Å²) >= 11 is 6.42. The number of carbonyl (C=O) groups is 1. The Hall–Kier alpha value is -0.600. The van der Waals surface area contributed by atoms with E-state index in [0.717, 1.165) is 0 Å². The third-order valence-corrected chi connectivity index (χ3v) is 5.93. The van der Waals surface area contributed by atoms with Gasteiger partial charge in [0.1, 0.15) is 12.4 Å². The average Bonchev–Trinajstić information content (AvgIpc) is 2.31. The number of rotatable bonds is 6. The first-order valence-corrected chi connectivity index (χ1v) is 9.02. The van der Waals surface area contributed by atoms with Crippen LogP contribution in [-0.4, -0.2) is 37.1 Å². The quantitative estimate of drug-likeness (QED) is 0.751. The molecule has 0 atom stereocenters. The van der Waals surface area contributed by atoms with Crippen LogP contribution in [0.1, 0.15) is 24.2 Å². The van der Waals surface area contributed by atoms with Gasteiger partial charge in [0.05, 0.1) is 25.5 Å². The van der Waals surface area contributed by atoms with Gasteiger partial charge >= 0.3 is 5.97 Å². The molecule has 1 N–H and O–H groups in total. The lowest BCUT2D eigenvalue weighted by Crippen LogP contribution is -2.22. The van der Waals surface area contributed by atoms with Crippen LogP contribution in [0.3, 0.4) is 0 Å². The molecule has 1 rings (SSSR count). The SMILES string of the molecule is CC(C)S(=O)(=O)CCOc1c(Br)cc(C(=O)O)cc1Br. The maximum absolute atomic E-state index is 11.7. The molecule has 0 amide bonds. The highest BCUT2D eigenvalue weighted by atomic mass is 79.9. The zero-order valence-electron chi connectivity index (χ0n) is 10.9. The van der Waals surface area contributed by atoms with Gasteiger partial charge in [-0.05, 0) is 57.8 Å². The summed E-state index contributed by atoms with van der Waals surface area (Å²) in [4.78, 5) is 10.9. The summed E-state index contributed by atoms with van der Waals surface area (Å²) < 4.78 is 29.6. The summed E-state index contributed by atoms with van der Waals surface area (Å²) in [5.74, 6) is -0.765. The fourth-order valence-electron chi connectivity index (χ4n) is 1.32. The van der Waals surface area contributed by atoms with Crippen molar-refractivity contribution in [2.75, 3.05) is 12.4 Å². The zero-order chi connectivity index (χ0) is 15.5. The van der Waals surface area contributed by atoms with Crippen LogP contribution >= 0.6 is 31.9 Å². The Labute approximate surface area is 134 Å². The largest absolute Gasteiger partial charge is 0.490 e. The van der Waals surface area contributed by atoms with Crippen molar-refractivity contribution in [3.63, 3.8) is 0 Å². The normalized spacial score (nSPS) is 11.7. The van der Waals surface area contributed by atoms with E-state index in [-0.39, 0.29) is 17.9 Å². The van der Waals surface area contributed by atoms with Gasteiger partial charge in [-0.15, -0.1) is 0 Å². The lowest BCUT2D eigenvalue weighted by Gasteiger charge is -2.12. The highest BCUT2D eigenvalue weighted by Crippen LogP contribution is 2.34. The summed E-state index contributed by atoms with van der Waals surface area (Å²) in [7, 11) is -3.17. The molecule has 0 radical (unpaired) electrons. The summed E-state index contributed by atoms with van der Waals surface area (Å²) in [6.45, 7) is 3.23. The first-order valence-electron chi connectivity index (χ1n) is 5.72. The van der Waals surface area contributed by atoms with Gasteiger partial charge in [0, 0.05) is 0 Å². The van der Waals surface area contributed by atoms with E-state index in [0.29, 0.717) is 14.7 Å². The number of sulfone groups is 1. The van der Waals surface area contributed by atoms with E-state index in [1.54, 1.807) is 13.8 Å². The van der Waals surface area contributed by atoms with Crippen molar-refractivity contribution < 1.29 is 23.1 Å². The van der Waals surface area contributed by atoms with Crippen LogP contribution in [0.5, 0.6) is 5.75 Å². The van der Waals surface area contributed by atoms with E-state index >= 15 is 0 Å². The molecule has 5 nitrogen and oxygen atoms in total. The molecule has 0 saturated carbocycles. The van der Waals surface area contributed by atoms with Crippen molar-refractivity contribution in [2.24, 2.45) is 0 Å². The highest BCUT2D eigenvalue weighted by molar-refractivity contribution is 9.11. The molecule has 0 heterocycles. The zero-order valence-corrected chi connectivity index (χ0v) is 14.9. The molecule has 1 aromatic carbocycles. The van der Waals surface area contributed by atoms with Crippen LogP contribution in [0.4, 0.5) is 0 Å². The van der Waals surface area contributed by atoms with Crippen molar-refractivity contribution in [3.8, 4) is 5.75 Å². The molecule has 0 aliphatic rings. The first-order chi connectivity index (χ1) is 9.15. The van der Waals surface area contributed by atoms with E-state index in [1.165, 1.54) is 12.1 Å². The molecule has 112 valence electrons. The fourth-order valence-corrected chi connectivity index (χ4v) is 3.52. The van der Waals surface area contributed by atoms with Crippen LogP contribution < -0.4 is 4.74 Å². The van der Waals surface area contributed by atoms with Crippen molar-refractivity contribution in [1.82, 2.24) is 0 Å². The predicted octanol–water partition coefficient (Wildman–Crippen LogP) is 3.11. The molecule has 0 aromatic heterocycles. The fraction of sp³-hybridized carbons (Fsp3) is 0.417. The second kappa shape index (κ2) is 6.91.